The molecule has 1 aliphatic rings. The molecule has 0 bridgehead atoms. The van der Waals surface area contributed by atoms with Gasteiger partial charge in [0.2, 0.25) is 0 Å². The maximum absolute atomic E-state index is 6.06. The number of ether oxygens (including phenoxy) is 2. The van der Waals surface area contributed by atoms with Gasteiger partial charge < -0.3 is 15.2 Å². The summed E-state index contributed by atoms with van der Waals surface area (Å²) in [5.74, 6) is 2.61. The highest BCUT2D eigenvalue weighted by Gasteiger charge is 2.36. The molecule has 0 unspecified atom stereocenters. The average Bonchev–Trinajstić information content (AvgIpc) is 2.62. The summed E-state index contributed by atoms with van der Waals surface area (Å²) in [5, 5.41) is 0.628. The van der Waals surface area contributed by atoms with Crippen LogP contribution in [0.15, 0.2) is 53.5 Å². The van der Waals surface area contributed by atoms with E-state index in [9.17, 15) is 0 Å². The van der Waals surface area contributed by atoms with Crippen molar-refractivity contribution in [2.24, 2.45) is 10.7 Å². The molecule has 5 heteroatoms. The Kier molecular flexibility index (Phi) is 4.48. The summed E-state index contributed by atoms with van der Waals surface area (Å²) >= 11 is 1.60. The lowest BCUT2D eigenvalue weighted by molar-refractivity contribution is 0.413. The molecule has 23 heavy (non-hydrogen) atoms. The molecule has 0 spiro atoms. The molecule has 0 aromatic heterocycles. The van der Waals surface area contributed by atoms with Gasteiger partial charge in [-0.2, -0.15) is 0 Å². The quantitative estimate of drug-likeness (QED) is 0.934. The second-order valence-electron chi connectivity index (χ2n) is 5.37. The Bertz CT molecular complexity index is 648. The topological polar surface area (TPSA) is 56.8 Å². The molecule has 0 fully saturated rings. The van der Waals surface area contributed by atoms with Gasteiger partial charge in [0.15, 0.2) is 5.17 Å². The summed E-state index contributed by atoms with van der Waals surface area (Å²) < 4.78 is 10.5. The molecular weight excluding hydrogens is 308 g/mol. The second kappa shape index (κ2) is 6.54. The molecule has 3 rings (SSSR count). The van der Waals surface area contributed by atoms with Crippen LogP contribution in [-0.2, 0) is 5.54 Å². The van der Waals surface area contributed by atoms with Crippen molar-refractivity contribution in [2.75, 3.05) is 20.0 Å². The maximum atomic E-state index is 6.06. The molecule has 2 N–H and O–H groups in total. The van der Waals surface area contributed by atoms with Crippen molar-refractivity contribution in [3.63, 3.8) is 0 Å². The van der Waals surface area contributed by atoms with E-state index in [0.29, 0.717) is 5.17 Å². The predicted octanol–water partition coefficient (Wildman–Crippen LogP) is 3.40. The van der Waals surface area contributed by atoms with Crippen LogP contribution in [0.25, 0.3) is 0 Å². The molecule has 2 aromatic carbocycles. The molecule has 0 radical (unpaired) electrons. The number of methoxy groups -OCH3 is 2. The maximum Gasteiger partial charge on any atom is 0.155 e. The van der Waals surface area contributed by atoms with E-state index in [1.807, 2.05) is 24.3 Å². The minimum Gasteiger partial charge on any atom is -0.497 e. The summed E-state index contributed by atoms with van der Waals surface area (Å²) in [5.41, 5.74) is 7.84. The highest BCUT2D eigenvalue weighted by Crippen LogP contribution is 2.42. The van der Waals surface area contributed by atoms with E-state index in [4.69, 9.17) is 20.2 Å². The zero-order valence-corrected chi connectivity index (χ0v) is 14.1. The van der Waals surface area contributed by atoms with E-state index < -0.39 is 5.54 Å². The van der Waals surface area contributed by atoms with Crippen molar-refractivity contribution in [3.05, 3.63) is 59.7 Å². The van der Waals surface area contributed by atoms with E-state index in [1.165, 1.54) is 0 Å². The van der Waals surface area contributed by atoms with E-state index in [-0.39, 0.29) is 0 Å². The summed E-state index contributed by atoms with van der Waals surface area (Å²) in [4.78, 5) is 4.84. The van der Waals surface area contributed by atoms with Crippen molar-refractivity contribution < 1.29 is 9.47 Å². The van der Waals surface area contributed by atoms with Crippen molar-refractivity contribution in [1.29, 1.82) is 0 Å². The molecule has 2 aromatic rings. The highest BCUT2D eigenvalue weighted by molar-refractivity contribution is 8.13. The van der Waals surface area contributed by atoms with Crippen LogP contribution in [0.2, 0.25) is 0 Å². The fraction of sp³-hybridized carbons (Fsp3) is 0.278. The summed E-state index contributed by atoms with van der Waals surface area (Å²) in [7, 11) is 3.34. The van der Waals surface area contributed by atoms with E-state index in [0.717, 1.165) is 34.8 Å². The van der Waals surface area contributed by atoms with E-state index >= 15 is 0 Å². The molecule has 4 nitrogen and oxygen atoms in total. The summed E-state index contributed by atoms with van der Waals surface area (Å²) in [6.45, 7) is 0. The Morgan fingerprint density at radius 1 is 0.913 bits per heavy atom. The fourth-order valence-electron chi connectivity index (χ4n) is 2.90. The largest absolute Gasteiger partial charge is 0.497 e. The summed E-state index contributed by atoms with van der Waals surface area (Å²) in [6.07, 6.45) is 0.900. The van der Waals surface area contributed by atoms with E-state index in [2.05, 4.69) is 24.3 Å². The standard InChI is InChI=1S/C18H20N2O2S/c1-21-15-7-3-13(4-8-15)18(11-12-23-17(19)20-18)14-5-9-16(22-2)10-6-14/h3-10H,11-12H2,1-2H3,(H2,19,20). The Labute approximate surface area is 140 Å². The third kappa shape index (κ3) is 3.01. The highest BCUT2D eigenvalue weighted by atomic mass is 32.2. The lowest BCUT2D eigenvalue weighted by atomic mass is 9.81. The zero-order valence-electron chi connectivity index (χ0n) is 13.3. The molecule has 1 heterocycles. The number of amidine groups is 1. The van der Waals surface area contributed by atoms with Crippen molar-refractivity contribution >= 4 is 16.9 Å². The molecular formula is C18H20N2O2S. The molecule has 120 valence electrons. The summed E-state index contributed by atoms with van der Waals surface area (Å²) in [6, 6.07) is 16.1. The first kappa shape index (κ1) is 15.7. The number of nitrogens with two attached hydrogens (primary N) is 1. The number of rotatable bonds is 4. The van der Waals surface area contributed by atoms with Gasteiger partial charge >= 0.3 is 0 Å². The van der Waals surface area contributed by atoms with Gasteiger partial charge in [-0.3, -0.25) is 0 Å². The molecule has 0 atom stereocenters. The minimum absolute atomic E-state index is 0.451. The molecule has 0 saturated heterocycles. The Balaban J connectivity index is 2.11. The first-order chi connectivity index (χ1) is 11.2. The van der Waals surface area contributed by atoms with Crippen LogP contribution in [0, 0.1) is 0 Å². The van der Waals surface area contributed by atoms with Gasteiger partial charge in [-0.05, 0) is 41.8 Å². The van der Waals surface area contributed by atoms with Crippen molar-refractivity contribution in [3.8, 4) is 11.5 Å². The normalized spacial score (nSPS) is 16.5. The number of hydrogen-bond acceptors (Lipinski definition) is 5. The number of aliphatic imine (C=N–C) groups is 1. The molecule has 0 saturated carbocycles. The van der Waals surface area contributed by atoms with Crippen LogP contribution in [0.5, 0.6) is 11.5 Å². The zero-order chi connectivity index (χ0) is 16.3. The van der Waals surface area contributed by atoms with Crippen molar-refractivity contribution in [1.82, 2.24) is 0 Å². The smallest absolute Gasteiger partial charge is 0.155 e. The predicted molar refractivity (Wildman–Crippen MR) is 95.5 cm³/mol. The van der Waals surface area contributed by atoms with E-state index in [1.54, 1.807) is 26.0 Å². The number of hydrogen-bond donors (Lipinski definition) is 1. The van der Waals surface area contributed by atoms with Gasteiger partial charge in [-0.15, -0.1) is 0 Å². The van der Waals surface area contributed by atoms with Gasteiger partial charge in [0, 0.05) is 5.75 Å². The van der Waals surface area contributed by atoms with Crippen LogP contribution in [0.4, 0.5) is 0 Å². The van der Waals surface area contributed by atoms with Crippen LogP contribution in [0.3, 0.4) is 0 Å². The van der Waals surface area contributed by atoms with Crippen LogP contribution in [-0.4, -0.2) is 25.1 Å². The first-order valence-corrected chi connectivity index (χ1v) is 8.44. The monoisotopic (exact) mass is 328 g/mol. The molecule has 0 aliphatic carbocycles. The number of thioether (sulfide) groups is 1. The Morgan fingerprint density at radius 3 is 1.78 bits per heavy atom. The average molecular weight is 328 g/mol. The van der Waals surface area contributed by atoms with Gasteiger partial charge in [-0.25, -0.2) is 4.99 Å². The van der Waals surface area contributed by atoms with Gasteiger partial charge in [0.25, 0.3) is 0 Å². The molecule has 1 aliphatic heterocycles. The lowest BCUT2D eigenvalue weighted by Crippen LogP contribution is -2.32. The van der Waals surface area contributed by atoms with Crippen LogP contribution in [0.1, 0.15) is 17.5 Å². The number of benzene rings is 2. The lowest BCUT2D eigenvalue weighted by Gasteiger charge is -2.34. The minimum atomic E-state index is -0.451. The third-order valence-electron chi connectivity index (χ3n) is 4.15. The Hall–Kier alpha value is -2.14. The van der Waals surface area contributed by atoms with Gasteiger partial charge in [0.1, 0.15) is 17.0 Å². The first-order valence-electron chi connectivity index (χ1n) is 7.45. The van der Waals surface area contributed by atoms with Gasteiger partial charge in [0.05, 0.1) is 14.2 Å². The number of nitrogens with zero attached hydrogens (tertiary/aromatic N) is 1. The van der Waals surface area contributed by atoms with Crippen LogP contribution < -0.4 is 15.2 Å². The van der Waals surface area contributed by atoms with Gasteiger partial charge in [-0.1, -0.05) is 36.0 Å². The Morgan fingerprint density at radius 2 is 1.39 bits per heavy atom. The van der Waals surface area contributed by atoms with Crippen LogP contribution >= 0.6 is 11.8 Å². The second-order valence-corrected chi connectivity index (χ2v) is 6.48. The van der Waals surface area contributed by atoms with Crippen molar-refractivity contribution in [2.45, 2.75) is 12.0 Å². The SMILES string of the molecule is COc1ccc(C2(c3ccc(OC)cc3)CCSC(N)=N2)cc1. The fourth-order valence-corrected chi connectivity index (χ4v) is 3.72. The molecule has 0 amide bonds. The third-order valence-corrected chi connectivity index (χ3v) is 4.95.